The van der Waals surface area contributed by atoms with E-state index >= 15 is 0 Å². The van der Waals surface area contributed by atoms with Crippen LogP contribution in [0.15, 0.2) is 29.2 Å². The number of hydrogen-bond acceptors (Lipinski definition) is 4. The SMILES string of the molecule is O=C1NC(=O)C2(CCN(C(=O)C3Cc4ccccc4S3)CC2)N1. The largest absolute Gasteiger partial charge is 0.342 e. The first kappa shape index (κ1) is 14.6. The molecular weight excluding hydrogens is 314 g/mol. The van der Waals surface area contributed by atoms with Crippen molar-refractivity contribution in [2.24, 2.45) is 0 Å². The highest BCUT2D eigenvalue weighted by Gasteiger charge is 2.49. The van der Waals surface area contributed by atoms with E-state index in [1.165, 1.54) is 10.5 Å². The average molecular weight is 331 g/mol. The number of carbonyl (C=O) groups excluding carboxylic acids is 3. The van der Waals surface area contributed by atoms with Gasteiger partial charge in [-0.1, -0.05) is 18.2 Å². The van der Waals surface area contributed by atoms with Crippen LogP contribution in [0.3, 0.4) is 0 Å². The number of amides is 4. The third-order valence-electron chi connectivity index (χ3n) is 4.87. The molecule has 1 atom stereocenters. The van der Waals surface area contributed by atoms with Gasteiger partial charge in [-0.05, 0) is 30.9 Å². The van der Waals surface area contributed by atoms with Crippen LogP contribution >= 0.6 is 11.8 Å². The molecule has 0 aliphatic carbocycles. The van der Waals surface area contributed by atoms with Gasteiger partial charge in [0.05, 0.1) is 5.25 Å². The molecule has 3 aliphatic heterocycles. The summed E-state index contributed by atoms with van der Waals surface area (Å²) in [6, 6.07) is 7.68. The van der Waals surface area contributed by atoms with Crippen LogP contribution in [0.25, 0.3) is 0 Å². The second kappa shape index (κ2) is 5.26. The normalized spacial score (nSPS) is 25.2. The summed E-state index contributed by atoms with van der Waals surface area (Å²) in [5.74, 6) is -0.136. The van der Waals surface area contributed by atoms with Gasteiger partial charge in [-0.15, -0.1) is 11.8 Å². The fourth-order valence-corrected chi connectivity index (χ4v) is 4.79. The smallest absolute Gasteiger partial charge is 0.322 e. The van der Waals surface area contributed by atoms with Crippen LogP contribution in [0.2, 0.25) is 0 Å². The number of thioether (sulfide) groups is 1. The van der Waals surface area contributed by atoms with Gasteiger partial charge in [0.15, 0.2) is 0 Å². The minimum atomic E-state index is -0.820. The standard InChI is InChI=1S/C16H17N3O3S/c20-13(12-9-10-3-1-2-4-11(10)23-12)19-7-5-16(6-8-19)14(21)17-15(22)18-16/h1-4,12H,5-9H2,(H2,17,18,21,22). The number of fused-ring (bicyclic) bond motifs is 1. The number of rotatable bonds is 1. The molecule has 3 aliphatic rings. The highest BCUT2D eigenvalue weighted by atomic mass is 32.2. The lowest BCUT2D eigenvalue weighted by atomic mass is 9.87. The molecule has 4 rings (SSSR count). The van der Waals surface area contributed by atoms with Crippen molar-refractivity contribution in [3.63, 3.8) is 0 Å². The summed E-state index contributed by atoms with van der Waals surface area (Å²) in [5, 5.41) is 4.94. The molecule has 2 N–H and O–H groups in total. The van der Waals surface area contributed by atoms with Crippen molar-refractivity contribution in [1.29, 1.82) is 0 Å². The first-order valence-corrected chi connectivity index (χ1v) is 8.62. The number of nitrogens with one attached hydrogen (secondary N) is 2. The van der Waals surface area contributed by atoms with Crippen LogP contribution in [0, 0.1) is 0 Å². The summed E-state index contributed by atoms with van der Waals surface area (Å²) >= 11 is 1.62. The van der Waals surface area contributed by atoms with Crippen molar-refractivity contribution in [3.05, 3.63) is 29.8 Å². The molecule has 3 heterocycles. The zero-order valence-electron chi connectivity index (χ0n) is 12.5. The maximum atomic E-state index is 12.7. The number of carbonyl (C=O) groups is 3. The van der Waals surface area contributed by atoms with Crippen molar-refractivity contribution in [1.82, 2.24) is 15.5 Å². The Labute approximate surface area is 138 Å². The van der Waals surface area contributed by atoms with E-state index in [9.17, 15) is 14.4 Å². The van der Waals surface area contributed by atoms with Gasteiger partial charge in [-0.25, -0.2) is 4.79 Å². The molecule has 2 saturated heterocycles. The van der Waals surface area contributed by atoms with Gasteiger partial charge < -0.3 is 10.2 Å². The summed E-state index contributed by atoms with van der Waals surface area (Å²) in [6.45, 7) is 1.000. The lowest BCUT2D eigenvalue weighted by Gasteiger charge is -2.37. The first-order chi connectivity index (χ1) is 11.1. The Morgan fingerprint density at radius 3 is 2.61 bits per heavy atom. The van der Waals surface area contributed by atoms with Gasteiger partial charge in [0.25, 0.3) is 5.91 Å². The Hall–Kier alpha value is -2.02. The van der Waals surface area contributed by atoms with Crippen molar-refractivity contribution in [2.75, 3.05) is 13.1 Å². The fraction of sp³-hybridized carbons (Fsp3) is 0.438. The van der Waals surface area contributed by atoms with E-state index < -0.39 is 11.6 Å². The molecular formula is C16H17N3O3S. The van der Waals surface area contributed by atoms with E-state index in [0.717, 1.165) is 6.42 Å². The fourth-order valence-electron chi connectivity index (χ4n) is 3.51. The van der Waals surface area contributed by atoms with Gasteiger partial charge >= 0.3 is 6.03 Å². The van der Waals surface area contributed by atoms with Crippen LogP contribution in [0.5, 0.6) is 0 Å². The molecule has 1 spiro atoms. The summed E-state index contributed by atoms with van der Waals surface area (Å²) in [7, 11) is 0. The predicted molar refractivity (Wildman–Crippen MR) is 85.0 cm³/mol. The van der Waals surface area contributed by atoms with Crippen LogP contribution < -0.4 is 10.6 Å². The van der Waals surface area contributed by atoms with Gasteiger partial charge in [-0.2, -0.15) is 0 Å². The Kier molecular flexibility index (Phi) is 3.33. The van der Waals surface area contributed by atoms with Crippen LogP contribution in [0.1, 0.15) is 18.4 Å². The van der Waals surface area contributed by atoms with Gasteiger partial charge in [0.2, 0.25) is 5.91 Å². The maximum Gasteiger partial charge on any atom is 0.322 e. The molecule has 6 nitrogen and oxygen atoms in total. The minimum Gasteiger partial charge on any atom is -0.342 e. The molecule has 4 amide bonds. The second-order valence-electron chi connectivity index (χ2n) is 6.23. The zero-order valence-corrected chi connectivity index (χ0v) is 13.3. The number of piperidine rings is 1. The van der Waals surface area contributed by atoms with Crippen molar-refractivity contribution < 1.29 is 14.4 Å². The molecule has 0 bridgehead atoms. The Balaban J connectivity index is 1.41. The van der Waals surface area contributed by atoms with Crippen molar-refractivity contribution in [3.8, 4) is 0 Å². The summed E-state index contributed by atoms with van der Waals surface area (Å²) in [6.07, 6.45) is 1.71. The number of nitrogens with zero attached hydrogens (tertiary/aromatic N) is 1. The highest BCUT2D eigenvalue weighted by molar-refractivity contribution is 8.01. The minimum absolute atomic E-state index is 0.0755. The van der Waals surface area contributed by atoms with E-state index in [4.69, 9.17) is 0 Å². The maximum absolute atomic E-state index is 12.7. The summed E-state index contributed by atoms with van der Waals surface area (Å²) in [5.41, 5.74) is 0.409. The average Bonchev–Trinajstić information content (AvgIpc) is 3.09. The molecule has 23 heavy (non-hydrogen) atoms. The first-order valence-electron chi connectivity index (χ1n) is 7.74. The lowest BCUT2D eigenvalue weighted by molar-refractivity contribution is -0.135. The van der Waals surface area contributed by atoms with E-state index in [-0.39, 0.29) is 17.1 Å². The van der Waals surface area contributed by atoms with E-state index in [2.05, 4.69) is 22.8 Å². The Morgan fingerprint density at radius 2 is 1.96 bits per heavy atom. The molecule has 7 heteroatoms. The number of likely N-dealkylation sites (tertiary alicyclic amines) is 1. The molecule has 0 aromatic heterocycles. The zero-order chi connectivity index (χ0) is 16.0. The molecule has 0 radical (unpaired) electrons. The number of imide groups is 1. The van der Waals surface area contributed by atoms with Gasteiger partial charge in [0.1, 0.15) is 5.54 Å². The Bertz CT molecular complexity index is 673. The quantitative estimate of drug-likeness (QED) is 0.750. The van der Waals surface area contributed by atoms with Crippen LogP contribution in [-0.2, 0) is 16.0 Å². The molecule has 1 aromatic rings. The molecule has 1 unspecified atom stereocenters. The van der Waals surface area contributed by atoms with E-state index in [1.54, 1.807) is 11.8 Å². The third-order valence-corrected chi connectivity index (χ3v) is 6.17. The van der Waals surface area contributed by atoms with Gasteiger partial charge in [-0.3, -0.25) is 14.9 Å². The molecule has 1 aromatic carbocycles. The Morgan fingerprint density at radius 1 is 1.22 bits per heavy atom. The van der Waals surface area contributed by atoms with Crippen molar-refractivity contribution >= 4 is 29.6 Å². The number of hydrogen-bond donors (Lipinski definition) is 2. The van der Waals surface area contributed by atoms with Crippen LogP contribution in [-0.4, -0.2) is 46.6 Å². The monoisotopic (exact) mass is 331 g/mol. The topological polar surface area (TPSA) is 78.5 Å². The van der Waals surface area contributed by atoms with Gasteiger partial charge in [0, 0.05) is 18.0 Å². The second-order valence-corrected chi connectivity index (χ2v) is 7.48. The molecule has 2 fully saturated rings. The van der Waals surface area contributed by atoms with E-state index in [1.807, 2.05) is 17.0 Å². The lowest BCUT2D eigenvalue weighted by Crippen LogP contribution is -2.56. The van der Waals surface area contributed by atoms with E-state index in [0.29, 0.717) is 25.9 Å². The summed E-state index contributed by atoms with van der Waals surface area (Å²) in [4.78, 5) is 39.0. The number of benzene rings is 1. The summed E-state index contributed by atoms with van der Waals surface area (Å²) < 4.78 is 0. The van der Waals surface area contributed by atoms with Crippen molar-refractivity contribution in [2.45, 2.75) is 34.9 Å². The molecule has 120 valence electrons. The third kappa shape index (κ3) is 2.39. The predicted octanol–water partition coefficient (Wildman–Crippen LogP) is 0.904. The van der Waals surface area contributed by atoms with Crippen LogP contribution in [0.4, 0.5) is 4.79 Å². The molecule has 0 saturated carbocycles. The number of urea groups is 1. The highest BCUT2D eigenvalue weighted by Crippen LogP contribution is 2.38.